The number of anilines is 6. The molecule has 30 heavy (non-hydrogen) atoms. The van der Waals surface area contributed by atoms with E-state index in [1.165, 1.54) is 17.3 Å². The molecule has 0 saturated carbocycles. The molecule has 0 aliphatic carbocycles. The summed E-state index contributed by atoms with van der Waals surface area (Å²) in [5.74, 6) is 1.34. The van der Waals surface area contributed by atoms with Crippen molar-refractivity contribution < 1.29 is 4.79 Å². The lowest BCUT2D eigenvalue weighted by molar-refractivity contribution is -0.113. The zero-order chi connectivity index (χ0) is 21.4. The molecule has 0 bridgehead atoms. The van der Waals surface area contributed by atoms with Crippen LogP contribution in [0, 0.1) is 0 Å². The molecular formula is C22H19ClN6O. The highest BCUT2D eigenvalue weighted by molar-refractivity contribution is 6.30. The molecule has 0 spiro atoms. The smallest absolute Gasteiger partial charge is 0.250 e. The molecule has 0 saturated heterocycles. The van der Waals surface area contributed by atoms with Gasteiger partial charge in [0, 0.05) is 23.4 Å². The second-order valence-electron chi connectivity index (χ2n) is 6.62. The van der Waals surface area contributed by atoms with Crippen LogP contribution in [0.4, 0.5) is 34.4 Å². The fourth-order valence-corrected chi connectivity index (χ4v) is 3.48. The van der Waals surface area contributed by atoms with Gasteiger partial charge in [-0.15, -0.1) is 0 Å². The maximum atomic E-state index is 12.0. The van der Waals surface area contributed by atoms with Gasteiger partial charge in [-0.1, -0.05) is 30.8 Å². The lowest BCUT2D eigenvalue weighted by atomic mass is 10.2. The number of rotatable bonds is 4. The zero-order valence-corrected chi connectivity index (χ0v) is 17.0. The van der Waals surface area contributed by atoms with E-state index in [2.05, 4.69) is 23.1 Å². The number of carbonyl (C=O) groups excluding carboxylic acids is 1. The summed E-state index contributed by atoms with van der Waals surface area (Å²) in [5, 5.41) is 0.626. The molecular weight excluding hydrogens is 400 g/mol. The van der Waals surface area contributed by atoms with Gasteiger partial charge in [-0.2, -0.15) is 0 Å². The van der Waals surface area contributed by atoms with Crippen LogP contribution in [0.2, 0.25) is 5.02 Å². The number of carbonyl (C=O) groups is 1. The first-order valence-electron chi connectivity index (χ1n) is 9.07. The average molecular weight is 419 g/mol. The number of hydrogen-bond acceptors (Lipinski definition) is 6. The van der Waals surface area contributed by atoms with Crippen molar-refractivity contribution in [2.24, 2.45) is 0 Å². The van der Waals surface area contributed by atoms with E-state index in [4.69, 9.17) is 17.3 Å². The third-order valence-corrected chi connectivity index (χ3v) is 5.10. The number of nitrogens with two attached hydrogens (primary N) is 1. The first-order valence-corrected chi connectivity index (χ1v) is 9.45. The summed E-state index contributed by atoms with van der Waals surface area (Å²) in [7, 11) is 1.69. The van der Waals surface area contributed by atoms with Crippen LogP contribution in [0.15, 0.2) is 79.9 Å². The van der Waals surface area contributed by atoms with Crippen molar-refractivity contribution >= 4 is 51.9 Å². The summed E-state index contributed by atoms with van der Waals surface area (Å²) in [6, 6.07) is 14.8. The van der Waals surface area contributed by atoms with Crippen LogP contribution in [0.5, 0.6) is 0 Å². The van der Waals surface area contributed by atoms with Crippen molar-refractivity contribution in [3.8, 4) is 0 Å². The number of hydrogen-bond donors (Lipinski definition) is 1. The molecule has 150 valence electrons. The molecule has 7 nitrogen and oxygen atoms in total. The highest BCUT2D eigenvalue weighted by Crippen LogP contribution is 2.50. The first kappa shape index (κ1) is 19.5. The third kappa shape index (κ3) is 3.15. The molecule has 3 aromatic rings. The van der Waals surface area contributed by atoms with Gasteiger partial charge >= 0.3 is 0 Å². The van der Waals surface area contributed by atoms with Gasteiger partial charge in [0.25, 0.3) is 0 Å². The molecule has 0 unspecified atom stereocenters. The van der Waals surface area contributed by atoms with Crippen LogP contribution < -0.4 is 20.4 Å². The number of nitrogen functional groups attached to an aromatic ring is 1. The largest absolute Gasteiger partial charge is 0.382 e. The van der Waals surface area contributed by atoms with Gasteiger partial charge in [0.1, 0.15) is 17.8 Å². The van der Waals surface area contributed by atoms with Gasteiger partial charge in [0.2, 0.25) is 5.91 Å². The van der Waals surface area contributed by atoms with Gasteiger partial charge in [0.15, 0.2) is 11.6 Å². The number of aromatic nitrogens is 2. The summed E-state index contributed by atoms with van der Waals surface area (Å²) in [4.78, 5) is 25.9. The molecule has 1 aromatic heterocycles. The molecule has 0 fully saturated rings. The summed E-state index contributed by atoms with van der Waals surface area (Å²) < 4.78 is 0. The monoisotopic (exact) mass is 418 g/mol. The molecule has 1 amide bonds. The Labute approximate surface area is 179 Å². The van der Waals surface area contributed by atoms with E-state index in [1.807, 2.05) is 46.2 Å². The van der Waals surface area contributed by atoms with E-state index >= 15 is 0 Å². The average Bonchev–Trinajstić information content (AvgIpc) is 3.06. The van der Waals surface area contributed by atoms with Gasteiger partial charge in [-0.3, -0.25) is 14.6 Å². The lowest BCUT2D eigenvalue weighted by Crippen LogP contribution is -2.24. The summed E-state index contributed by atoms with van der Waals surface area (Å²) in [6.07, 6.45) is 2.68. The van der Waals surface area contributed by atoms with Crippen LogP contribution in [0.25, 0.3) is 0 Å². The normalized spacial score (nSPS) is 12.7. The molecule has 1 aliphatic rings. The zero-order valence-electron chi connectivity index (χ0n) is 16.3. The standard InChI is InChI=1S/C22H19ClN6O/c1-4-19(30)27(3)17-6-5-7-18(12-17)29-14(2)28(16-10-8-15(23)9-11-16)20-21(24)25-13-26-22(20)29/h4-13H,1-2H2,3H3,(H2,24,25,26). The molecule has 2 aromatic carbocycles. The molecule has 1 aliphatic heterocycles. The Hall–Kier alpha value is -3.84. The number of likely N-dealkylation sites (N-methyl/N-ethyl adjacent to an activating group) is 1. The van der Waals surface area contributed by atoms with Crippen molar-refractivity contribution in [3.63, 3.8) is 0 Å². The Morgan fingerprint density at radius 2 is 1.87 bits per heavy atom. The van der Waals surface area contributed by atoms with Crippen LogP contribution in [0.3, 0.4) is 0 Å². The minimum absolute atomic E-state index is 0.206. The maximum Gasteiger partial charge on any atom is 0.250 e. The number of fused-ring (bicyclic) bond motifs is 1. The van der Waals surface area contributed by atoms with Crippen molar-refractivity contribution in [1.29, 1.82) is 0 Å². The fraction of sp³-hybridized carbons (Fsp3) is 0.0455. The van der Waals surface area contributed by atoms with E-state index in [-0.39, 0.29) is 5.91 Å². The molecule has 2 heterocycles. The van der Waals surface area contributed by atoms with E-state index in [0.717, 1.165) is 11.4 Å². The Morgan fingerprint density at radius 3 is 2.57 bits per heavy atom. The van der Waals surface area contributed by atoms with Crippen molar-refractivity contribution in [2.75, 3.05) is 27.5 Å². The highest BCUT2D eigenvalue weighted by atomic mass is 35.5. The second kappa shape index (κ2) is 7.53. The predicted octanol–water partition coefficient (Wildman–Crippen LogP) is 4.62. The highest BCUT2D eigenvalue weighted by Gasteiger charge is 2.36. The van der Waals surface area contributed by atoms with Crippen LogP contribution in [0.1, 0.15) is 0 Å². The predicted molar refractivity (Wildman–Crippen MR) is 121 cm³/mol. The van der Waals surface area contributed by atoms with Gasteiger partial charge < -0.3 is 10.6 Å². The molecule has 8 heteroatoms. The third-order valence-electron chi connectivity index (χ3n) is 4.85. The van der Waals surface area contributed by atoms with E-state index in [1.54, 1.807) is 19.2 Å². The van der Waals surface area contributed by atoms with Crippen LogP contribution >= 0.6 is 11.6 Å². The SMILES string of the molecule is C=CC(=O)N(C)c1cccc(N2C(=C)N(c3ccc(Cl)cc3)c3c(N)ncnc32)c1. The maximum absolute atomic E-state index is 12.0. The second-order valence-corrected chi connectivity index (χ2v) is 7.05. The van der Waals surface area contributed by atoms with Gasteiger partial charge in [-0.05, 0) is 48.5 Å². The Balaban J connectivity index is 1.83. The van der Waals surface area contributed by atoms with Crippen molar-refractivity contribution in [2.45, 2.75) is 0 Å². The van der Waals surface area contributed by atoms with Crippen molar-refractivity contribution in [3.05, 3.63) is 84.9 Å². The molecule has 0 atom stereocenters. The lowest BCUT2D eigenvalue weighted by Gasteiger charge is -2.25. The molecule has 2 N–H and O–H groups in total. The quantitative estimate of drug-likeness (QED) is 0.623. The van der Waals surface area contributed by atoms with E-state index in [9.17, 15) is 4.79 Å². The molecule has 4 rings (SSSR count). The number of halogens is 1. The summed E-state index contributed by atoms with van der Waals surface area (Å²) >= 11 is 6.06. The van der Waals surface area contributed by atoms with Gasteiger partial charge in [-0.25, -0.2) is 9.97 Å². The fourth-order valence-electron chi connectivity index (χ4n) is 3.36. The minimum Gasteiger partial charge on any atom is -0.382 e. The number of nitrogens with zero attached hydrogens (tertiary/aromatic N) is 5. The minimum atomic E-state index is -0.206. The Morgan fingerprint density at radius 1 is 1.13 bits per heavy atom. The van der Waals surface area contributed by atoms with Crippen LogP contribution in [-0.2, 0) is 4.79 Å². The van der Waals surface area contributed by atoms with Gasteiger partial charge in [0.05, 0.1) is 5.69 Å². The Bertz CT molecular complexity index is 1160. The summed E-state index contributed by atoms with van der Waals surface area (Å²) in [6.45, 7) is 7.82. The number of amides is 1. The first-order chi connectivity index (χ1) is 14.4. The topological polar surface area (TPSA) is 78.6 Å². The molecule has 0 radical (unpaired) electrons. The van der Waals surface area contributed by atoms with E-state index in [0.29, 0.717) is 33.9 Å². The van der Waals surface area contributed by atoms with E-state index < -0.39 is 0 Å². The summed E-state index contributed by atoms with van der Waals surface area (Å²) in [5.41, 5.74) is 9.15. The number of benzene rings is 2. The van der Waals surface area contributed by atoms with Crippen LogP contribution in [-0.4, -0.2) is 22.9 Å². The Kier molecular flexibility index (Phi) is 4.89. The van der Waals surface area contributed by atoms with Crippen molar-refractivity contribution in [1.82, 2.24) is 9.97 Å².